The van der Waals surface area contributed by atoms with Crippen LogP contribution in [0.25, 0.3) is 0 Å². The summed E-state index contributed by atoms with van der Waals surface area (Å²) in [5.41, 5.74) is 0.378. The van der Waals surface area contributed by atoms with Gasteiger partial charge in [-0.05, 0) is 22.0 Å². The monoisotopic (exact) mass is 239 g/mol. The van der Waals surface area contributed by atoms with E-state index in [0.29, 0.717) is 23.9 Å². The van der Waals surface area contributed by atoms with Crippen molar-refractivity contribution in [2.75, 3.05) is 18.5 Å². The van der Waals surface area contributed by atoms with Crippen LogP contribution in [0, 0.1) is 11.3 Å². The number of ether oxygens (including phenoxy) is 1. The first-order chi connectivity index (χ1) is 6.31. The molecule has 1 N–H and O–H groups in total. The second-order valence-electron chi connectivity index (χ2n) is 2.55. The fourth-order valence-electron chi connectivity index (χ4n) is 1.14. The van der Waals surface area contributed by atoms with E-state index in [-0.39, 0.29) is 0 Å². The van der Waals surface area contributed by atoms with E-state index in [4.69, 9.17) is 10.00 Å². The number of nitriles is 1. The Labute approximate surface area is 83.7 Å². The molecule has 1 aromatic rings. The first-order valence-electron chi connectivity index (χ1n) is 3.78. The van der Waals surface area contributed by atoms with Gasteiger partial charge in [-0.2, -0.15) is 5.26 Å². The van der Waals surface area contributed by atoms with Gasteiger partial charge in [0.2, 0.25) is 0 Å². The first-order valence-corrected chi connectivity index (χ1v) is 4.58. The molecule has 66 valence electrons. The number of rotatable bonds is 0. The Morgan fingerprint density at radius 2 is 2.54 bits per heavy atom. The first kappa shape index (κ1) is 8.32. The van der Waals surface area contributed by atoms with E-state index in [0.717, 1.165) is 11.0 Å². The van der Waals surface area contributed by atoms with Gasteiger partial charge in [-0.15, -0.1) is 0 Å². The Morgan fingerprint density at radius 3 is 3.31 bits per heavy atom. The van der Waals surface area contributed by atoms with Crippen LogP contribution in [-0.4, -0.2) is 18.1 Å². The van der Waals surface area contributed by atoms with Gasteiger partial charge in [-0.25, -0.2) is 4.98 Å². The Morgan fingerprint density at radius 1 is 1.69 bits per heavy atom. The molecular formula is C8H6BrN3O. The highest BCUT2D eigenvalue weighted by atomic mass is 79.9. The van der Waals surface area contributed by atoms with Gasteiger partial charge < -0.3 is 10.1 Å². The third-order valence-corrected chi connectivity index (χ3v) is 2.27. The summed E-state index contributed by atoms with van der Waals surface area (Å²) in [6, 6.07) is 3.63. The number of pyridine rings is 1. The number of hydrogen-bond acceptors (Lipinski definition) is 4. The lowest BCUT2D eigenvalue weighted by atomic mass is 10.3. The van der Waals surface area contributed by atoms with Crippen molar-refractivity contribution in [1.29, 1.82) is 5.26 Å². The average Bonchev–Trinajstić information content (AvgIpc) is 2.18. The van der Waals surface area contributed by atoms with Gasteiger partial charge in [0.05, 0.1) is 11.0 Å². The van der Waals surface area contributed by atoms with E-state index >= 15 is 0 Å². The predicted molar refractivity (Wildman–Crippen MR) is 50.6 cm³/mol. The maximum absolute atomic E-state index is 8.66. The van der Waals surface area contributed by atoms with Crippen molar-refractivity contribution in [2.45, 2.75) is 0 Å². The number of nitrogens with zero attached hydrogens (tertiary/aromatic N) is 2. The van der Waals surface area contributed by atoms with E-state index in [1.54, 1.807) is 6.07 Å². The summed E-state index contributed by atoms with van der Waals surface area (Å²) in [7, 11) is 0. The van der Waals surface area contributed by atoms with E-state index < -0.39 is 0 Å². The van der Waals surface area contributed by atoms with Gasteiger partial charge in [0, 0.05) is 0 Å². The van der Waals surface area contributed by atoms with Gasteiger partial charge in [0.25, 0.3) is 0 Å². The van der Waals surface area contributed by atoms with Crippen LogP contribution in [0.15, 0.2) is 10.5 Å². The Kier molecular flexibility index (Phi) is 2.07. The molecule has 1 aliphatic rings. The molecule has 1 aliphatic heterocycles. The van der Waals surface area contributed by atoms with Crippen LogP contribution in [0.3, 0.4) is 0 Å². The second-order valence-corrected chi connectivity index (χ2v) is 3.41. The topological polar surface area (TPSA) is 57.9 Å². The zero-order valence-electron chi connectivity index (χ0n) is 6.67. The quantitative estimate of drug-likeness (QED) is 0.746. The van der Waals surface area contributed by atoms with Gasteiger partial charge in [0.15, 0.2) is 11.6 Å². The molecule has 0 saturated heterocycles. The van der Waals surface area contributed by atoms with Crippen molar-refractivity contribution < 1.29 is 4.74 Å². The fraction of sp³-hybridized carbons (Fsp3) is 0.250. The van der Waals surface area contributed by atoms with Crippen LogP contribution in [0.1, 0.15) is 5.69 Å². The molecule has 0 saturated carbocycles. The minimum Gasteiger partial charge on any atom is -0.487 e. The van der Waals surface area contributed by atoms with Gasteiger partial charge >= 0.3 is 0 Å². The molecule has 0 aromatic carbocycles. The number of halogens is 1. The Balaban J connectivity index is 2.54. The van der Waals surface area contributed by atoms with Crippen molar-refractivity contribution in [2.24, 2.45) is 0 Å². The Bertz CT molecular complexity index is 386. The molecule has 2 heterocycles. The van der Waals surface area contributed by atoms with Gasteiger partial charge in [-0.1, -0.05) is 0 Å². The summed E-state index contributed by atoms with van der Waals surface area (Å²) in [5.74, 6) is 1.32. The normalized spacial score (nSPS) is 13.5. The third-order valence-electron chi connectivity index (χ3n) is 1.68. The number of nitrogens with one attached hydrogen (secondary N) is 1. The highest BCUT2D eigenvalue weighted by molar-refractivity contribution is 9.10. The molecule has 0 amide bonds. The highest BCUT2D eigenvalue weighted by Gasteiger charge is 2.15. The molecule has 2 rings (SSSR count). The lowest BCUT2D eigenvalue weighted by Crippen LogP contribution is -2.19. The summed E-state index contributed by atoms with van der Waals surface area (Å²) < 4.78 is 6.14. The molecule has 5 heteroatoms. The zero-order chi connectivity index (χ0) is 9.26. The summed E-state index contributed by atoms with van der Waals surface area (Å²) in [6.45, 7) is 1.35. The fourth-order valence-corrected chi connectivity index (χ4v) is 1.66. The minimum absolute atomic E-state index is 0.378. The molecule has 0 unspecified atom stereocenters. The van der Waals surface area contributed by atoms with Gasteiger partial charge in [0.1, 0.15) is 18.4 Å². The summed E-state index contributed by atoms with van der Waals surface area (Å²) in [5, 5.41) is 11.7. The molecule has 1 aromatic heterocycles. The lowest BCUT2D eigenvalue weighted by molar-refractivity contribution is 0.319. The summed E-state index contributed by atoms with van der Waals surface area (Å²) in [6.07, 6.45) is 0. The second kappa shape index (κ2) is 3.23. The van der Waals surface area contributed by atoms with E-state index in [9.17, 15) is 0 Å². The van der Waals surface area contributed by atoms with E-state index in [1.165, 1.54) is 0 Å². The largest absolute Gasteiger partial charge is 0.487 e. The molecule has 0 radical (unpaired) electrons. The maximum Gasteiger partial charge on any atom is 0.175 e. The predicted octanol–water partition coefficient (Wildman–Crippen LogP) is 1.52. The Hall–Kier alpha value is -1.28. The van der Waals surface area contributed by atoms with Crippen molar-refractivity contribution >= 4 is 21.7 Å². The maximum atomic E-state index is 8.66. The number of hydrogen-bond donors (Lipinski definition) is 1. The van der Waals surface area contributed by atoms with Crippen LogP contribution in [0.4, 0.5) is 5.82 Å². The highest BCUT2D eigenvalue weighted by Crippen LogP contribution is 2.33. The third kappa shape index (κ3) is 1.45. The van der Waals surface area contributed by atoms with Crippen molar-refractivity contribution in [3.8, 4) is 11.8 Å². The van der Waals surface area contributed by atoms with Crippen LogP contribution in [0.2, 0.25) is 0 Å². The SMILES string of the molecule is N#Cc1cc(Br)c2c(n1)NCCO2. The van der Waals surface area contributed by atoms with Crippen molar-refractivity contribution in [3.05, 3.63) is 16.2 Å². The van der Waals surface area contributed by atoms with Crippen LogP contribution < -0.4 is 10.1 Å². The molecule has 4 nitrogen and oxygen atoms in total. The van der Waals surface area contributed by atoms with Gasteiger partial charge in [-0.3, -0.25) is 0 Å². The van der Waals surface area contributed by atoms with Crippen LogP contribution in [-0.2, 0) is 0 Å². The molecule has 13 heavy (non-hydrogen) atoms. The molecule has 0 aliphatic carbocycles. The standard InChI is InChI=1S/C8H6BrN3O/c9-6-3-5(4-10)12-8-7(6)13-2-1-11-8/h3H,1-2H2,(H,11,12). The average molecular weight is 240 g/mol. The molecular weight excluding hydrogens is 234 g/mol. The molecule has 0 spiro atoms. The lowest BCUT2D eigenvalue weighted by Gasteiger charge is -2.18. The van der Waals surface area contributed by atoms with Crippen LogP contribution >= 0.6 is 15.9 Å². The van der Waals surface area contributed by atoms with Crippen LogP contribution in [0.5, 0.6) is 5.75 Å². The zero-order valence-corrected chi connectivity index (χ0v) is 8.26. The molecule has 0 fully saturated rings. The number of aromatic nitrogens is 1. The van der Waals surface area contributed by atoms with Crippen molar-refractivity contribution in [3.63, 3.8) is 0 Å². The van der Waals surface area contributed by atoms with E-state index in [1.807, 2.05) is 6.07 Å². The summed E-state index contributed by atoms with van der Waals surface area (Å²) >= 11 is 3.32. The summed E-state index contributed by atoms with van der Waals surface area (Å²) in [4.78, 5) is 4.07. The van der Waals surface area contributed by atoms with E-state index in [2.05, 4.69) is 26.2 Å². The molecule has 0 bridgehead atoms. The van der Waals surface area contributed by atoms with Crippen molar-refractivity contribution in [1.82, 2.24) is 4.98 Å². The molecule has 0 atom stereocenters. The minimum atomic E-state index is 0.378. The number of fused-ring (bicyclic) bond motifs is 1. The number of anilines is 1. The smallest absolute Gasteiger partial charge is 0.175 e.